The number of nitrogens with zero attached hydrogens (tertiary/aromatic N) is 1. The molecule has 0 aromatic rings. The smallest absolute Gasteiger partial charge is 0.244 e. The second-order valence-electron chi connectivity index (χ2n) is 4.29. The van der Waals surface area contributed by atoms with Gasteiger partial charge in [0.25, 0.3) is 0 Å². The highest BCUT2D eigenvalue weighted by Crippen LogP contribution is 2.17. The largest absolute Gasteiger partial charge is 0.378 e. The number of hydrogen-bond acceptors (Lipinski definition) is 3. The minimum absolute atomic E-state index is 0.0290. The molecule has 1 fully saturated rings. The first-order valence-electron chi connectivity index (χ1n) is 5.68. The van der Waals surface area contributed by atoms with Gasteiger partial charge in [-0.25, -0.2) is 4.39 Å². The predicted molar refractivity (Wildman–Crippen MR) is 60.2 cm³/mol. The third-order valence-electron chi connectivity index (χ3n) is 2.89. The van der Waals surface area contributed by atoms with Gasteiger partial charge in [0.2, 0.25) is 11.8 Å². The molecule has 2 amide bonds. The molecular weight excluding hydrogens is 227 g/mol. The molecule has 0 aromatic carbocycles. The molecule has 0 spiro atoms. The van der Waals surface area contributed by atoms with E-state index in [1.54, 1.807) is 6.92 Å². The van der Waals surface area contributed by atoms with Gasteiger partial charge in [-0.15, -0.1) is 0 Å². The fraction of sp³-hybridized carbons (Fsp3) is 0.818. The van der Waals surface area contributed by atoms with Gasteiger partial charge >= 0.3 is 0 Å². The number of rotatable bonds is 3. The molecule has 0 aliphatic carbocycles. The van der Waals surface area contributed by atoms with E-state index in [0.29, 0.717) is 13.0 Å². The van der Waals surface area contributed by atoms with Crippen LogP contribution in [0.15, 0.2) is 0 Å². The molecule has 0 saturated carbocycles. The van der Waals surface area contributed by atoms with Gasteiger partial charge in [0.05, 0.1) is 12.6 Å². The van der Waals surface area contributed by atoms with E-state index >= 15 is 0 Å². The third kappa shape index (κ3) is 3.66. The van der Waals surface area contributed by atoms with Crippen LogP contribution in [0.3, 0.4) is 0 Å². The summed E-state index contributed by atoms with van der Waals surface area (Å²) in [4.78, 5) is 24.1. The molecule has 0 unspecified atom stereocenters. The van der Waals surface area contributed by atoms with Gasteiger partial charge in [-0.1, -0.05) is 0 Å². The van der Waals surface area contributed by atoms with E-state index in [2.05, 4.69) is 5.32 Å². The average Bonchev–Trinajstić information content (AvgIpc) is 2.27. The number of amides is 2. The lowest BCUT2D eigenvalue weighted by molar-refractivity contribution is -0.140. The van der Waals surface area contributed by atoms with Gasteiger partial charge in [-0.2, -0.15) is 0 Å². The minimum Gasteiger partial charge on any atom is -0.378 e. The maximum atomic E-state index is 13.6. The molecule has 17 heavy (non-hydrogen) atoms. The van der Waals surface area contributed by atoms with Crippen LogP contribution >= 0.6 is 0 Å². The first kappa shape index (κ1) is 13.9. The molecule has 1 rings (SSSR count). The predicted octanol–water partition coefficient (Wildman–Crippen LogP) is 0.0964. The van der Waals surface area contributed by atoms with E-state index in [1.807, 2.05) is 0 Å². The van der Waals surface area contributed by atoms with Crippen molar-refractivity contribution in [1.29, 1.82) is 0 Å². The maximum Gasteiger partial charge on any atom is 0.244 e. The van der Waals surface area contributed by atoms with Crippen LogP contribution in [-0.4, -0.2) is 55.2 Å². The highest BCUT2D eigenvalue weighted by atomic mass is 19.1. The van der Waals surface area contributed by atoms with Crippen molar-refractivity contribution >= 4 is 11.8 Å². The number of carbonyl (C=O) groups excluding carboxylic acids is 2. The first-order chi connectivity index (χ1) is 7.95. The number of nitrogens with one attached hydrogen (secondary N) is 1. The summed E-state index contributed by atoms with van der Waals surface area (Å²) in [6, 6.07) is -0.612. The summed E-state index contributed by atoms with van der Waals surface area (Å²) in [6.45, 7) is 3.43. The van der Waals surface area contributed by atoms with Crippen LogP contribution in [0.4, 0.5) is 4.39 Å². The fourth-order valence-corrected chi connectivity index (χ4v) is 1.99. The normalized spacial score (nSPS) is 26.5. The van der Waals surface area contributed by atoms with Crippen LogP contribution in [0.5, 0.6) is 0 Å². The van der Waals surface area contributed by atoms with Gasteiger partial charge in [-0.05, 0) is 13.3 Å². The van der Waals surface area contributed by atoms with E-state index in [9.17, 15) is 14.0 Å². The highest BCUT2D eigenvalue weighted by molar-refractivity contribution is 5.86. The quantitative estimate of drug-likeness (QED) is 0.768. The van der Waals surface area contributed by atoms with Gasteiger partial charge < -0.3 is 15.0 Å². The molecule has 1 heterocycles. The van der Waals surface area contributed by atoms with Crippen LogP contribution in [0.25, 0.3) is 0 Å². The Morgan fingerprint density at radius 3 is 2.65 bits per heavy atom. The molecule has 1 aliphatic heterocycles. The number of likely N-dealkylation sites (tertiary alicyclic amines) is 1. The Morgan fingerprint density at radius 1 is 1.53 bits per heavy atom. The van der Waals surface area contributed by atoms with Crippen LogP contribution in [-0.2, 0) is 14.3 Å². The Morgan fingerprint density at radius 2 is 2.18 bits per heavy atom. The number of piperidine rings is 1. The molecule has 5 nitrogen and oxygen atoms in total. The summed E-state index contributed by atoms with van der Waals surface area (Å²) in [7, 11) is 1.47. The summed E-state index contributed by atoms with van der Waals surface area (Å²) in [5, 5.41) is 2.50. The summed E-state index contributed by atoms with van der Waals surface area (Å²) in [5.74, 6) is -0.521. The second-order valence-corrected chi connectivity index (χ2v) is 4.29. The lowest BCUT2D eigenvalue weighted by Crippen LogP contribution is -2.53. The van der Waals surface area contributed by atoms with Crippen molar-refractivity contribution in [1.82, 2.24) is 10.2 Å². The van der Waals surface area contributed by atoms with Crippen molar-refractivity contribution in [3.63, 3.8) is 0 Å². The Labute approximate surface area is 100 Å². The van der Waals surface area contributed by atoms with Crippen LogP contribution in [0.1, 0.15) is 20.3 Å². The van der Waals surface area contributed by atoms with Gasteiger partial charge in [0, 0.05) is 20.6 Å². The summed E-state index contributed by atoms with van der Waals surface area (Å²) >= 11 is 0. The van der Waals surface area contributed by atoms with E-state index in [0.717, 1.165) is 0 Å². The highest BCUT2D eigenvalue weighted by Gasteiger charge is 2.33. The maximum absolute atomic E-state index is 13.6. The number of alkyl halides is 1. The van der Waals surface area contributed by atoms with Crippen molar-refractivity contribution in [2.75, 3.05) is 20.2 Å². The molecule has 1 saturated heterocycles. The topological polar surface area (TPSA) is 58.6 Å². The van der Waals surface area contributed by atoms with E-state index in [-0.39, 0.29) is 18.4 Å². The fourth-order valence-electron chi connectivity index (χ4n) is 1.99. The number of halogens is 1. The Hall–Kier alpha value is -1.17. The minimum atomic E-state index is -1.16. The molecule has 0 radical (unpaired) electrons. The van der Waals surface area contributed by atoms with Crippen LogP contribution < -0.4 is 5.32 Å². The Balaban J connectivity index is 2.51. The zero-order valence-electron chi connectivity index (χ0n) is 10.4. The molecule has 0 bridgehead atoms. The van der Waals surface area contributed by atoms with Crippen LogP contribution in [0, 0.1) is 0 Å². The Bertz CT molecular complexity index is 298. The summed E-state index contributed by atoms with van der Waals surface area (Å²) in [6.07, 6.45) is -1.12. The Kier molecular flexibility index (Phi) is 4.86. The van der Waals surface area contributed by atoms with E-state index in [4.69, 9.17) is 4.74 Å². The monoisotopic (exact) mass is 246 g/mol. The van der Waals surface area contributed by atoms with Crippen molar-refractivity contribution in [2.24, 2.45) is 0 Å². The molecule has 3 atom stereocenters. The standard InChI is InChI=1S/C11H19FN2O3/c1-7(13-8(2)15)11(16)14-5-4-10(17-3)9(12)6-14/h7,9-10H,4-6H2,1-3H3,(H,13,15)/t7-,9+,10-/m0/s1. The first-order valence-corrected chi connectivity index (χ1v) is 5.68. The molecule has 1 aliphatic rings. The molecule has 0 aromatic heterocycles. The van der Waals surface area contributed by atoms with E-state index in [1.165, 1.54) is 18.9 Å². The van der Waals surface area contributed by atoms with Gasteiger partial charge in [-0.3, -0.25) is 9.59 Å². The second kappa shape index (κ2) is 5.95. The SMILES string of the molecule is CO[C@H]1CCN(C(=O)[C@H](C)NC(C)=O)C[C@H]1F. The summed E-state index contributed by atoms with van der Waals surface area (Å²) < 4.78 is 18.6. The zero-order chi connectivity index (χ0) is 13.0. The number of hydrogen-bond donors (Lipinski definition) is 1. The molecule has 6 heteroatoms. The average molecular weight is 246 g/mol. The molecular formula is C11H19FN2O3. The molecule has 1 N–H and O–H groups in total. The number of carbonyl (C=O) groups is 2. The van der Waals surface area contributed by atoms with E-state index < -0.39 is 18.3 Å². The van der Waals surface area contributed by atoms with Gasteiger partial charge in [0.15, 0.2) is 0 Å². The lowest BCUT2D eigenvalue weighted by atomic mass is 10.1. The van der Waals surface area contributed by atoms with Crippen molar-refractivity contribution < 1.29 is 18.7 Å². The van der Waals surface area contributed by atoms with Crippen LogP contribution in [0.2, 0.25) is 0 Å². The lowest BCUT2D eigenvalue weighted by Gasteiger charge is -2.35. The third-order valence-corrected chi connectivity index (χ3v) is 2.89. The zero-order valence-corrected chi connectivity index (χ0v) is 10.4. The number of methoxy groups -OCH3 is 1. The van der Waals surface area contributed by atoms with Gasteiger partial charge in [0.1, 0.15) is 12.2 Å². The summed E-state index contributed by atoms with van der Waals surface area (Å²) in [5.41, 5.74) is 0. The van der Waals surface area contributed by atoms with Crippen molar-refractivity contribution in [3.8, 4) is 0 Å². The number of ether oxygens (including phenoxy) is 1. The van der Waals surface area contributed by atoms with Crippen molar-refractivity contribution in [2.45, 2.75) is 38.6 Å². The molecule has 98 valence electrons. The van der Waals surface area contributed by atoms with Crippen molar-refractivity contribution in [3.05, 3.63) is 0 Å².